The smallest absolute Gasteiger partial charge is 0.0897 e. The van der Waals surface area contributed by atoms with E-state index in [-0.39, 0.29) is 11.6 Å². The largest absolute Gasteiger partial charge is 0.373 e. The van der Waals surface area contributed by atoms with Crippen LogP contribution in [0.25, 0.3) is 0 Å². The summed E-state index contributed by atoms with van der Waals surface area (Å²) < 4.78 is 6.07. The molecule has 1 unspecified atom stereocenters. The van der Waals surface area contributed by atoms with Crippen LogP contribution in [0.5, 0.6) is 0 Å². The number of rotatable bonds is 5. The van der Waals surface area contributed by atoms with Crippen LogP contribution in [-0.4, -0.2) is 12.2 Å². The summed E-state index contributed by atoms with van der Waals surface area (Å²) in [5.74, 6) is 5.79. The number of hydrogen-bond acceptors (Lipinski definition) is 4. The van der Waals surface area contributed by atoms with Crippen LogP contribution in [0.4, 0.5) is 0 Å². The van der Waals surface area contributed by atoms with Gasteiger partial charge in [-0.2, -0.15) is 0 Å². The number of nitrogens with one attached hydrogen (secondary N) is 1. The summed E-state index contributed by atoms with van der Waals surface area (Å²) in [5.41, 5.74) is 2.89. The first-order valence-electron chi connectivity index (χ1n) is 6.38. The Kier molecular flexibility index (Phi) is 4.20. The lowest BCUT2D eigenvalue weighted by atomic mass is 9.91. The van der Waals surface area contributed by atoms with Crippen LogP contribution in [0.1, 0.15) is 48.4 Å². The molecule has 0 amide bonds. The van der Waals surface area contributed by atoms with E-state index in [9.17, 15) is 0 Å². The third-order valence-electron chi connectivity index (χ3n) is 3.62. The van der Waals surface area contributed by atoms with Gasteiger partial charge in [-0.3, -0.25) is 5.84 Å². The Balaban J connectivity index is 2.26. The fraction of sp³-hybridized carbons (Fsp3) is 0.692. The molecule has 1 aromatic heterocycles. The van der Waals surface area contributed by atoms with Crippen molar-refractivity contribution in [2.24, 2.45) is 5.84 Å². The molecular weight excluding hydrogens is 232 g/mol. The topological polar surface area (TPSA) is 47.3 Å². The van der Waals surface area contributed by atoms with Gasteiger partial charge in [-0.15, -0.1) is 11.3 Å². The summed E-state index contributed by atoms with van der Waals surface area (Å²) in [5, 5.41) is 0. The van der Waals surface area contributed by atoms with E-state index in [0.29, 0.717) is 0 Å². The molecule has 0 bridgehead atoms. The van der Waals surface area contributed by atoms with E-state index in [1.807, 2.05) is 11.3 Å². The van der Waals surface area contributed by atoms with Crippen molar-refractivity contribution in [3.8, 4) is 0 Å². The van der Waals surface area contributed by atoms with E-state index < -0.39 is 0 Å². The number of hydrazine groups is 1. The zero-order valence-electron chi connectivity index (χ0n) is 10.7. The average Bonchev–Trinajstić information content (AvgIpc) is 2.91. The van der Waals surface area contributed by atoms with Crippen molar-refractivity contribution in [1.29, 1.82) is 0 Å². The quantitative estimate of drug-likeness (QED) is 0.627. The highest BCUT2D eigenvalue weighted by Crippen LogP contribution is 2.44. The molecule has 17 heavy (non-hydrogen) atoms. The molecule has 3 nitrogen and oxygen atoms in total. The molecule has 1 aliphatic carbocycles. The lowest BCUT2D eigenvalue weighted by Gasteiger charge is -2.36. The molecular formula is C13H22N2OS. The van der Waals surface area contributed by atoms with E-state index in [4.69, 9.17) is 10.6 Å². The molecule has 4 heteroatoms. The predicted octanol–water partition coefficient (Wildman–Crippen LogP) is 2.91. The third kappa shape index (κ3) is 2.55. The van der Waals surface area contributed by atoms with Gasteiger partial charge in [0.05, 0.1) is 11.6 Å². The minimum atomic E-state index is -0.0964. The van der Waals surface area contributed by atoms with Crippen molar-refractivity contribution < 1.29 is 4.74 Å². The Bertz CT molecular complexity index is 358. The van der Waals surface area contributed by atoms with Gasteiger partial charge in [0.2, 0.25) is 0 Å². The van der Waals surface area contributed by atoms with Crippen molar-refractivity contribution in [1.82, 2.24) is 5.43 Å². The van der Waals surface area contributed by atoms with Crippen LogP contribution in [-0.2, 0) is 4.74 Å². The molecule has 0 spiro atoms. The molecule has 1 fully saturated rings. The van der Waals surface area contributed by atoms with Gasteiger partial charge in [0, 0.05) is 16.4 Å². The first-order chi connectivity index (χ1) is 8.22. The Hall–Kier alpha value is -0.420. The second-order valence-corrected chi connectivity index (χ2v) is 6.07. The number of hydrogen-bond donors (Lipinski definition) is 2. The first kappa shape index (κ1) is 13.0. The van der Waals surface area contributed by atoms with E-state index in [0.717, 1.165) is 19.4 Å². The highest BCUT2D eigenvalue weighted by atomic mass is 32.1. The van der Waals surface area contributed by atoms with E-state index in [1.54, 1.807) is 0 Å². The third-order valence-corrected chi connectivity index (χ3v) is 4.69. The molecule has 96 valence electrons. The minimum Gasteiger partial charge on any atom is -0.373 e. The zero-order valence-corrected chi connectivity index (χ0v) is 11.5. The van der Waals surface area contributed by atoms with Crippen molar-refractivity contribution >= 4 is 11.3 Å². The Morgan fingerprint density at radius 1 is 1.47 bits per heavy atom. The molecule has 0 aliphatic heterocycles. The van der Waals surface area contributed by atoms with Gasteiger partial charge in [0.15, 0.2) is 0 Å². The molecule has 1 atom stereocenters. The van der Waals surface area contributed by atoms with E-state index >= 15 is 0 Å². The monoisotopic (exact) mass is 254 g/mol. The molecule has 0 saturated heterocycles. The summed E-state index contributed by atoms with van der Waals surface area (Å²) in [4.78, 5) is 2.62. The van der Waals surface area contributed by atoms with Gasteiger partial charge in [-0.05, 0) is 38.8 Å². The van der Waals surface area contributed by atoms with Gasteiger partial charge in [0.1, 0.15) is 0 Å². The van der Waals surface area contributed by atoms with Crippen molar-refractivity contribution in [3.63, 3.8) is 0 Å². The van der Waals surface area contributed by atoms with Crippen LogP contribution in [0, 0.1) is 6.92 Å². The minimum absolute atomic E-state index is 0.0964. The Morgan fingerprint density at radius 2 is 2.18 bits per heavy atom. The zero-order chi connectivity index (χ0) is 12.3. The normalized spacial score (nSPS) is 20.6. The maximum absolute atomic E-state index is 6.07. The lowest BCUT2D eigenvalue weighted by molar-refractivity contribution is -0.0619. The van der Waals surface area contributed by atoms with Crippen LogP contribution >= 0.6 is 11.3 Å². The van der Waals surface area contributed by atoms with Gasteiger partial charge < -0.3 is 4.74 Å². The Morgan fingerprint density at radius 3 is 2.65 bits per heavy atom. The summed E-state index contributed by atoms with van der Waals surface area (Å²) in [7, 11) is 0. The Labute approximate surface area is 107 Å². The fourth-order valence-electron chi connectivity index (χ4n) is 2.88. The van der Waals surface area contributed by atoms with Crippen molar-refractivity contribution in [3.05, 3.63) is 21.9 Å². The van der Waals surface area contributed by atoms with Crippen molar-refractivity contribution in [2.75, 3.05) is 6.61 Å². The molecule has 0 aromatic carbocycles. The maximum Gasteiger partial charge on any atom is 0.0897 e. The molecule has 3 N–H and O–H groups in total. The molecule has 1 heterocycles. The summed E-state index contributed by atoms with van der Waals surface area (Å²) in [6, 6.07) is 4.45. The summed E-state index contributed by atoms with van der Waals surface area (Å²) in [6.07, 6.45) is 4.68. The molecule has 2 rings (SSSR count). The van der Waals surface area contributed by atoms with Crippen LogP contribution < -0.4 is 11.3 Å². The number of thiophene rings is 1. The standard InChI is InChI=1S/C13H22N2OS/c1-3-16-13(8-4-5-9-13)12(15-14)11-7-6-10(2)17-11/h6-7,12,15H,3-5,8-9,14H2,1-2H3. The van der Waals surface area contributed by atoms with Crippen LogP contribution in [0.15, 0.2) is 12.1 Å². The SMILES string of the molecule is CCOC1(C(NN)c2ccc(C)s2)CCCC1. The lowest BCUT2D eigenvalue weighted by Crippen LogP contribution is -2.46. The second kappa shape index (κ2) is 5.48. The van der Waals surface area contributed by atoms with Crippen molar-refractivity contribution in [2.45, 2.75) is 51.2 Å². The summed E-state index contributed by atoms with van der Waals surface area (Å²) >= 11 is 1.81. The van der Waals surface area contributed by atoms with Gasteiger partial charge >= 0.3 is 0 Å². The molecule has 1 saturated carbocycles. The maximum atomic E-state index is 6.07. The molecule has 0 radical (unpaired) electrons. The van der Waals surface area contributed by atoms with E-state index in [1.165, 1.54) is 22.6 Å². The summed E-state index contributed by atoms with van der Waals surface area (Å²) in [6.45, 7) is 4.94. The molecule has 1 aromatic rings. The highest BCUT2D eigenvalue weighted by Gasteiger charge is 2.43. The average molecular weight is 254 g/mol. The number of aryl methyl sites for hydroxylation is 1. The fourth-order valence-corrected chi connectivity index (χ4v) is 3.92. The molecule has 1 aliphatic rings. The second-order valence-electron chi connectivity index (χ2n) is 4.75. The van der Waals surface area contributed by atoms with Crippen LogP contribution in [0.3, 0.4) is 0 Å². The highest BCUT2D eigenvalue weighted by molar-refractivity contribution is 7.12. The number of nitrogens with two attached hydrogens (primary N) is 1. The van der Waals surface area contributed by atoms with Gasteiger partial charge in [0.25, 0.3) is 0 Å². The van der Waals surface area contributed by atoms with E-state index in [2.05, 4.69) is 31.4 Å². The van der Waals surface area contributed by atoms with Gasteiger partial charge in [-0.25, -0.2) is 5.43 Å². The predicted molar refractivity (Wildman–Crippen MR) is 71.9 cm³/mol. The number of ether oxygens (including phenoxy) is 1. The van der Waals surface area contributed by atoms with Gasteiger partial charge in [-0.1, -0.05) is 12.8 Å². The van der Waals surface area contributed by atoms with Crippen LogP contribution in [0.2, 0.25) is 0 Å². The first-order valence-corrected chi connectivity index (χ1v) is 7.20.